The van der Waals surface area contributed by atoms with Gasteiger partial charge in [-0.05, 0) is 54.8 Å². The highest BCUT2D eigenvalue weighted by Crippen LogP contribution is 2.22. The molecule has 0 aliphatic heterocycles. The van der Waals surface area contributed by atoms with E-state index in [2.05, 4.69) is 46.6 Å². The molecule has 0 fully saturated rings. The fourth-order valence-corrected chi connectivity index (χ4v) is 2.53. The number of aromatic nitrogens is 2. The maximum Gasteiger partial charge on any atom is 0.159 e. The molecule has 26 heavy (non-hydrogen) atoms. The van der Waals surface area contributed by atoms with Gasteiger partial charge in [0.2, 0.25) is 0 Å². The summed E-state index contributed by atoms with van der Waals surface area (Å²) in [4.78, 5) is 19.8. The van der Waals surface area contributed by atoms with E-state index < -0.39 is 0 Å². The summed E-state index contributed by atoms with van der Waals surface area (Å²) in [6.07, 6.45) is 1.51. The molecule has 1 aromatic heterocycles. The smallest absolute Gasteiger partial charge is 0.159 e. The molecule has 0 saturated carbocycles. The van der Waals surface area contributed by atoms with Crippen molar-refractivity contribution in [3.8, 4) is 0 Å². The second kappa shape index (κ2) is 7.78. The van der Waals surface area contributed by atoms with E-state index in [0.29, 0.717) is 23.1 Å². The molecule has 3 rings (SSSR count). The van der Waals surface area contributed by atoms with Gasteiger partial charge in [0.1, 0.15) is 18.0 Å². The number of anilines is 4. The molecule has 132 valence electrons. The van der Waals surface area contributed by atoms with Crippen LogP contribution in [0.2, 0.25) is 0 Å². The minimum atomic E-state index is 0.0496. The second-order valence-electron chi connectivity index (χ2n) is 6.45. The summed E-state index contributed by atoms with van der Waals surface area (Å²) in [5, 5.41) is 6.50. The number of carbonyl (C=O) groups excluding carboxylic acids is 1. The van der Waals surface area contributed by atoms with Crippen LogP contribution in [0.3, 0.4) is 0 Å². The monoisotopic (exact) mass is 346 g/mol. The average molecular weight is 346 g/mol. The Morgan fingerprint density at radius 2 is 1.35 bits per heavy atom. The van der Waals surface area contributed by atoms with Crippen LogP contribution in [0.1, 0.15) is 42.6 Å². The van der Waals surface area contributed by atoms with E-state index in [-0.39, 0.29) is 5.78 Å². The van der Waals surface area contributed by atoms with E-state index in [0.717, 1.165) is 11.4 Å². The molecule has 5 nitrogen and oxygen atoms in total. The molecular formula is C21H22N4O. The van der Waals surface area contributed by atoms with Gasteiger partial charge in [-0.2, -0.15) is 0 Å². The molecule has 0 radical (unpaired) electrons. The number of rotatable bonds is 6. The summed E-state index contributed by atoms with van der Waals surface area (Å²) < 4.78 is 0. The molecule has 5 heteroatoms. The first-order chi connectivity index (χ1) is 12.5. The zero-order chi connectivity index (χ0) is 18.5. The highest BCUT2D eigenvalue weighted by atomic mass is 16.1. The Balaban J connectivity index is 1.70. The molecule has 0 bridgehead atoms. The Labute approximate surface area is 153 Å². The van der Waals surface area contributed by atoms with Crippen molar-refractivity contribution in [1.82, 2.24) is 9.97 Å². The molecule has 1 heterocycles. The molecule has 0 spiro atoms. The molecule has 2 aromatic carbocycles. The minimum Gasteiger partial charge on any atom is -0.340 e. The lowest BCUT2D eigenvalue weighted by atomic mass is 10.0. The third-order valence-corrected chi connectivity index (χ3v) is 4.08. The van der Waals surface area contributed by atoms with Gasteiger partial charge in [-0.1, -0.05) is 26.0 Å². The van der Waals surface area contributed by atoms with Crippen molar-refractivity contribution in [2.75, 3.05) is 10.6 Å². The molecule has 0 amide bonds. The van der Waals surface area contributed by atoms with Gasteiger partial charge in [-0.15, -0.1) is 0 Å². The zero-order valence-corrected chi connectivity index (χ0v) is 15.2. The number of hydrogen-bond acceptors (Lipinski definition) is 5. The third-order valence-electron chi connectivity index (χ3n) is 4.08. The summed E-state index contributed by atoms with van der Waals surface area (Å²) in [6, 6.07) is 17.5. The fraction of sp³-hybridized carbons (Fsp3) is 0.190. The number of benzene rings is 2. The summed E-state index contributed by atoms with van der Waals surface area (Å²) in [6.45, 7) is 5.90. The van der Waals surface area contributed by atoms with Gasteiger partial charge in [0.25, 0.3) is 0 Å². The normalized spacial score (nSPS) is 10.6. The second-order valence-corrected chi connectivity index (χ2v) is 6.45. The van der Waals surface area contributed by atoms with Gasteiger partial charge in [-0.3, -0.25) is 4.79 Å². The van der Waals surface area contributed by atoms with Crippen molar-refractivity contribution < 1.29 is 4.79 Å². The van der Waals surface area contributed by atoms with Gasteiger partial charge in [-0.25, -0.2) is 9.97 Å². The average Bonchev–Trinajstić information content (AvgIpc) is 2.63. The van der Waals surface area contributed by atoms with Crippen LogP contribution in [0.15, 0.2) is 60.9 Å². The van der Waals surface area contributed by atoms with Crippen molar-refractivity contribution in [3.63, 3.8) is 0 Å². The zero-order valence-electron chi connectivity index (χ0n) is 15.2. The first-order valence-electron chi connectivity index (χ1n) is 8.58. The van der Waals surface area contributed by atoms with E-state index in [9.17, 15) is 4.79 Å². The maximum atomic E-state index is 11.3. The number of nitrogens with zero attached hydrogens (tertiary/aromatic N) is 2. The van der Waals surface area contributed by atoms with Crippen molar-refractivity contribution in [2.45, 2.75) is 26.7 Å². The van der Waals surface area contributed by atoms with Crippen molar-refractivity contribution in [2.24, 2.45) is 0 Å². The topological polar surface area (TPSA) is 66.9 Å². The Hall–Kier alpha value is -3.21. The van der Waals surface area contributed by atoms with E-state index in [1.807, 2.05) is 30.3 Å². The number of ketones is 1. The van der Waals surface area contributed by atoms with Crippen LogP contribution in [0.25, 0.3) is 0 Å². The number of carbonyl (C=O) groups is 1. The number of Topliss-reactive ketones (excluding diaryl/α,β-unsaturated/α-hetero) is 1. The van der Waals surface area contributed by atoms with Gasteiger partial charge >= 0.3 is 0 Å². The molecule has 0 saturated heterocycles. The highest BCUT2D eigenvalue weighted by Gasteiger charge is 2.03. The SMILES string of the molecule is CC(=O)c1ccc(Nc2cc(Nc3ccc(C(C)C)cc3)ncn2)cc1. The largest absolute Gasteiger partial charge is 0.340 e. The van der Waals surface area contributed by atoms with Crippen LogP contribution in [-0.2, 0) is 0 Å². The van der Waals surface area contributed by atoms with Crippen LogP contribution in [0.5, 0.6) is 0 Å². The van der Waals surface area contributed by atoms with E-state index in [1.165, 1.54) is 11.9 Å². The van der Waals surface area contributed by atoms with Gasteiger partial charge in [0, 0.05) is 23.0 Å². The first-order valence-corrected chi connectivity index (χ1v) is 8.58. The minimum absolute atomic E-state index is 0.0496. The Bertz CT molecular complexity index is 887. The predicted molar refractivity (Wildman–Crippen MR) is 106 cm³/mol. The lowest BCUT2D eigenvalue weighted by Gasteiger charge is -2.10. The molecule has 0 aliphatic rings. The predicted octanol–water partition coefficient (Wildman–Crippen LogP) is 5.29. The Morgan fingerprint density at radius 3 is 1.81 bits per heavy atom. The van der Waals surface area contributed by atoms with Crippen molar-refractivity contribution >= 4 is 28.8 Å². The molecule has 0 aliphatic carbocycles. The van der Waals surface area contributed by atoms with Gasteiger partial charge in [0.05, 0.1) is 0 Å². The van der Waals surface area contributed by atoms with Crippen LogP contribution in [0.4, 0.5) is 23.0 Å². The molecule has 0 unspecified atom stereocenters. The molecule has 3 aromatic rings. The van der Waals surface area contributed by atoms with Crippen LogP contribution in [0, 0.1) is 0 Å². The van der Waals surface area contributed by atoms with E-state index >= 15 is 0 Å². The standard InChI is InChI=1S/C21H22N4O/c1-14(2)16-4-8-18(9-5-16)24-20-12-21(23-13-22-20)25-19-10-6-17(7-11-19)15(3)26/h4-14H,1-3H3,(H2,22,23,24,25). The summed E-state index contributed by atoms with van der Waals surface area (Å²) >= 11 is 0. The van der Waals surface area contributed by atoms with Crippen LogP contribution < -0.4 is 10.6 Å². The molecule has 2 N–H and O–H groups in total. The van der Waals surface area contributed by atoms with Crippen LogP contribution in [-0.4, -0.2) is 15.8 Å². The quantitative estimate of drug-likeness (QED) is 0.594. The van der Waals surface area contributed by atoms with E-state index in [4.69, 9.17) is 0 Å². The van der Waals surface area contributed by atoms with Crippen molar-refractivity contribution in [1.29, 1.82) is 0 Å². The summed E-state index contributed by atoms with van der Waals surface area (Å²) in [5.41, 5.74) is 3.82. The van der Waals surface area contributed by atoms with E-state index in [1.54, 1.807) is 19.1 Å². The number of nitrogens with one attached hydrogen (secondary N) is 2. The first kappa shape index (κ1) is 17.6. The Morgan fingerprint density at radius 1 is 0.846 bits per heavy atom. The molecule has 0 atom stereocenters. The molecular weight excluding hydrogens is 324 g/mol. The fourth-order valence-electron chi connectivity index (χ4n) is 2.53. The number of hydrogen-bond donors (Lipinski definition) is 2. The highest BCUT2D eigenvalue weighted by molar-refractivity contribution is 5.94. The van der Waals surface area contributed by atoms with Crippen molar-refractivity contribution in [3.05, 3.63) is 72.1 Å². The van der Waals surface area contributed by atoms with Gasteiger partial charge in [0.15, 0.2) is 5.78 Å². The maximum absolute atomic E-state index is 11.3. The summed E-state index contributed by atoms with van der Waals surface area (Å²) in [5.74, 6) is 1.94. The lowest BCUT2D eigenvalue weighted by molar-refractivity contribution is 0.101. The summed E-state index contributed by atoms with van der Waals surface area (Å²) in [7, 11) is 0. The van der Waals surface area contributed by atoms with Gasteiger partial charge < -0.3 is 10.6 Å². The third kappa shape index (κ3) is 4.45. The Kier molecular flexibility index (Phi) is 5.27. The van der Waals surface area contributed by atoms with Crippen LogP contribution >= 0.6 is 0 Å². The lowest BCUT2D eigenvalue weighted by Crippen LogP contribution is -1.99.